The summed E-state index contributed by atoms with van der Waals surface area (Å²) < 4.78 is 4.87. The second-order valence-electron chi connectivity index (χ2n) is 4.13. The lowest BCUT2D eigenvalue weighted by atomic mass is 10.1. The molecule has 0 aromatic heterocycles. The maximum Gasteiger partial charge on any atom is 0.305 e. The van der Waals surface area contributed by atoms with Crippen molar-refractivity contribution >= 4 is 17.5 Å². The molecule has 0 saturated heterocycles. The molecule has 0 aliphatic rings. The van der Waals surface area contributed by atoms with Gasteiger partial charge in [-0.05, 0) is 44.4 Å². The zero-order valence-electron chi connectivity index (χ0n) is 11.3. The van der Waals surface area contributed by atoms with E-state index in [1.807, 2.05) is 29.7 Å². The van der Waals surface area contributed by atoms with E-state index in [1.165, 1.54) is 0 Å². The fourth-order valence-electron chi connectivity index (χ4n) is 1.63. The van der Waals surface area contributed by atoms with Gasteiger partial charge in [0.25, 0.3) is 0 Å². The van der Waals surface area contributed by atoms with E-state index in [9.17, 15) is 4.79 Å². The first-order valence-electron chi connectivity index (χ1n) is 6.35. The number of hydrogen-bond donors (Lipinski definition) is 2. The molecule has 0 aliphatic carbocycles. The smallest absolute Gasteiger partial charge is 0.305 e. The minimum Gasteiger partial charge on any atom is -0.466 e. The second kappa shape index (κ2) is 8.26. The molecule has 19 heavy (non-hydrogen) atoms. The third kappa shape index (κ3) is 6.01. The van der Waals surface area contributed by atoms with E-state index in [4.69, 9.17) is 9.94 Å². The van der Waals surface area contributed by atoms with Crippen LogP contribution in [0.3, 0.4) is 0 Å². The summed E-state index contributed by atoms with van der Waals surface area (Å²) in [5.74, 6) is 0.295. The maximum absolute atomic E-state index is 11.2. The van der Waals surface area contributed by atoms with Crippen molar-refractivity contribution in [2.24, 2.45) is 4.99 Å². The monoisotopic (exact) mass is 264 g/mol. The Morgan fingerprint density at radius 1 is 1.37 bits per heavy atom. The molecule has 2 N–H and O–H groups in total. The molecule has 5 heteroatoms. The highest BCUT2D eigenvalue weighted by atomic mass is 16.5. The number of esters is 1. The highest BCUT2D eigenvalue weighted by molar-refractivity contribution is 5.81. The molecule has 5 nitrogen and oxygen atoms in total. The van der Waals surface area contributed by atoms with Gasteiger partial charge in [-0.25, -0.2) is 4.99 Å². The Hall–Kier alpha value is -1.88. The minimum absolute atomic E-state index is 0.145. The molecule has 104 valence electrons. The number of carbonyl (C=O) groups excluding carboxylic acids is 1. The number of hydrogen-bond acceptors (Lipinski definition) is 4. The van der Waals surface area contributed by atoms with E-state index in [0.29, 0.717) is 18.9 Å². The fourth-order valence-corrected chi connectivity index (χ4v) is 1.63. The van der Waals surface area contributed by atoms with Crippen molar-refractivity contribution in [3.8, 4) is 0 Å². The molecule has 0 saturated carbocycles. The maximum atomic E-state index is 11.2. The van der Waals surface area contributed by atoms with Crippen LogP contribution in [0.2, 0.25) is 0 Å². The molecular formula is C14H20N2O3. The number of ether oxygens (including phenoxy) is 1. The van der Waals surface area contributed by atoms with Crippen LogP contribution < -0.4 is 5.48 Å². The number of nitrogens with zero attached hydrogens (tertiary/aromatic N) is 1. The quantitative estimate of drug-likeness (QED) is 0.358. The van der Waals surface area contributed by atoms with Gasteiger partial charge >= 0.3 is 5.97 Å². The molecule has 0 atom stereocenters. The zero-order chi connectivity index (χ0) is 14.1. The summed E-state index contributed by atoms with van der Waals surface area (Å²) >= 11 is 0. The van der Waals surface area contributed by atoms with Gasteiger partial charge in [0.15, 0.2) is 0 Å². The normalized spacial score (nSPS) is 11.2. The van der Waals surface area contributed by atoms with Gasteiger partial charge in [-0.15, -0.1) is 0 Å². The predicted molar refractivity (Wildman–Crippen MR) is 73.7 cm³/mol. The Morgan fingerprint density at radius 3 is 2.63 bits per heavy atom. The minimum atomic E-state index is -0.145. The topological polar surface area (TPSA) is 70.9 Å². The van der Waals surface area contributed by atoms with Crippen LogP contribution in [-0.2, 0) is 16.0 Å². The average molecular weight is 264 g/mol. The molecule has 1 aromatic carbocycles. The Kier molecular flexibility index (Phi) is 6.60. The van der Waals surface area contributed by atoms with Gasteiger partial charge in [0.1, 0.15) is 5.84 Å². The third-order valence-corrected chi connectivity index (χ3v) is 2.55. The summed E-state index contributed by atoms with van der Waals surface area (Å²) in [6, 6.07) is 7.68. The van der Waals surface area contributed by atoms with Crippen LogP contribution in [0.1, 0.15) is 32.3 Å². The average Bonchev–Trinajstić information content (AvgIpc) is 2.41. The Labute approximate surface area is 113 Å². The highest BCUT2D eigenvalue weighted by Gasteiger charge is 2.01. The van der Waals surface area contributed by atoms with Gasteiger partial charge < -0.3 is 4.74 Å². The molecule has 0 unspecified atom stereocenters. The van der Waals surface area contributed by atoms with Gasteiger partial charge in [0, 0.05) is 6.42 Å². The number of amidine groups is 1. The Morgan fingerprint density at radius 2 is 2.05 bits per heavy atom. The fraction of sp³-hybridized carbons (Fsp3) is 0.429. The molecule has 0 radical (unpaired) electrons. The number of carbonyl (C=O) groups is 1. The molecular weight excluding hydrogens is 244 g/mol. The van der Waals surface area contributed by atoms with Crippen LogP contribution >= 0.6 is 0 Å². The van der Waals surface area contributed by atoms with Crippen molar-refractivity contribution in [3.63, 3.8) is 0 Å². The summed E-state index contributed by atoms with van der Waals surface area (Å²) in [4.78, 5) is 15.3. The number of hydroxylamine groups is 1. The second-order valence-corrected chi connectivity index (χ2v) is 4.13. The van der Waals surface area contributed by atoms with Crippen molar-refractivity contribution in [2.75, 3.05) is 6.61 Å². The van der Waals surface area contributed by atoms with Gasteiger partial charge in [-0.1, -0.05) is 12.1 Å². The largest absolute Gasteiger partial charge is 0.466 e. The van der Waals surface area contributed by atoms with Crippen LogP contribution in [0.4, 0.5) is 5.69 Å². The van der Waals surface area contributed by atoms with Crippen molar-refractivity contribution in [2.45, 2.75) is 33.1 Å². The number of nitrogens with one attached hydrogen (secondary N) is 1. The van der Waals surface area contributed by atoms with E-state index >= 15 is 0 Å². The first-order chi connectivity index (χ1) is 9.15. The van der Waals surface area contributed by atoms with Crippen LogP contribution in [0.5, 0.6) is 0 Å². The first-order valence-corrected chi connectivity index (χ1v) is 6.35. The molecule has 0 heterocycles. The standard InChI is InChI=1S/C14H20N2O3/c1-3-19-14(17)6-4-5-12-7-9-13(10-8-12)15-11(2)16-18/h7-10,18H,3-6H2,1-2H3,(H,15,16). The lowest BCUT2D eigenvalue weighted by molar-refractivity contribution is -0.143. The predicted octanol–water partition coefficient (Wildman–Crippen LogP) is 2.60. The SMILES string of the molecule is CCOC(=O)CCCc1ccc(N=C(C)NO)cc1. The molecule has 1 aromatic rings. The van der Waals surface area contributed by atoms with E-state index in [-0.39, 0.29) is 5.97 Å². The number of aryl methyl sites for hydroxylation is 1. The van der Waals surface area contributed by atoms with Crippen molar-refractivity contribution in [3.05, 3.63) is 29.8 Å². The van der Waals surface area contributed by atoms with Gasteiger partial charge in [0.05, 0.1) is 12.3 Å². The Bertz CT molecular complexity index is 427. The number of rotatable bonds is 6. The molecule has 0 amide bonds. The van der Waals surface area contributed by atoms with Crippen molar-refractivity contribution < 1.29 is 14.7 Å². The van der Waals surface area contributed by atoms with Crippen LogP contribution in [-0.4, -0.2) is 23.6 Å². The Balaban J connectivity index is 2.42. The summed E-state index contributed by atoms with van der Waals surface area (Å²) in [5.41, 5.74) is 3.91. The molecule has 0 spiro atoms. The van der Waals surface area contributed by atoms with Crippen molar-refractivity contribution in [1.82, 2.24) is 5.48 Å². The van der Waals surface area contributed by atoms with E-state index in [2.05, 4.69) is 4.99 Å². The van der Waals surface area contributed by atoms with Crippen LogP contribution in [0.25, 0.3) is 0 Å². The van der Waals surface area contributed by atoms with Crippen LogP contribution in [0.15, 0.2) is 29.3 Å². The lowest BCUT2D eigenvalue weighted by Gasteiger charge is -2.03. The van der Waals surface area contributed by atoms with E-state index in [0.717, 1.165) is 24.1 Å². The third-order valence-electron chi connectivity index (χ3n) is 2.55. The summed E-state index contributed by atoms with van der Waals surface area (Å²) in [5, 5.41) is 8.64. The first kappa shape index (κ1) is 15.2. The molecule has 0 fully saturated rings. The van der Waals surface area contributed by atoms with Gasteiger partial charge in [-0.3, -0.25) is 15.5 Å². The number of aliphatic imine (C=N–C) groups is 1. The molecule has 0 bridgehead atoms. The van der Waals surface area contributed by atoms with Crippen LogP contribution in [0, 0.1) is 0 Å². The molecule has 0 aliphatic heterocycles. The van der Waals surface area contributed by atoms with Crippen molar-refractivity contribution in [1.29, 1.82) is 0 Å². The highest BCUT2D eigenvalue weighted by Crippen LogP contribution is 2.14. The summed E-state index contributed by atoms with van der Waals surface area (Å²) in [6.07, 6.45) is 2.06. The zero-order valence-corrected chi connectivity index (χ0v) is 11.3. The van der Waals surface area contributed by atoms with Gasteiger partial charge in [-0.2, -0.15) is 0 Å². The van der Waals surface area contributed by atoms with E-state index in [1.54, 1.807) is 13.8 Å². The summed E-state index contributed by atoms with van der Waals surface area (Å²) in [7, 11) is 0. The number of benzene rings is 1. The van der Waals surface area contributed by atoms with Gasteiger partial charge in [0.2, 0.25) is 0 Å². The summed E-state index contributed by atoms with van der Waals surface area (Å²) in [6.45, 7) is 3.91. The lowest BCUT2D eigenvalue weighted by Crippen LogP contribution is -2.13. The van der Waals surface area contributed by atoms with E-state index < -0.39 is 0 Å². The molecule has 1 rings (SSSR count).